The summed E-state index contributed by atoms with van der Waals surface area (Å²) in [4.78, 5) is 7.24. The topological polar surface area (TPSA) is 28.2 Å². The number of nitrogens with one attached hydrogen (secondary N) is 1. The van der Waals surface area contributed by atoms with Gasteiger partial charge < -0.3 is 5.32 Å². The molecule has 1 fully saturated rings. The summed E-state index contributed by atoms with van der Waals surface area (Å²) in [6, 6.07) is 0.663. The molecular weight excluding hydrogens is 266 g/mol. The van der Waals surface area contributed by atoms with Crippen LogP contribution in [0.15, 0.2) is 5.38 Å². The van der Waals surface area contributed by atoms with E-state index < -0.39 is 0 Å². The van der Waals surface area contributed by atoms with Crippen molar-refractivity contribution in [1.82, 2.24) is 15.2 Å². The second-order valence-electron chi connectivity index (χ2n) is 5.90. The molecule has 1 aliphatic heterocycles. The molecule has 3 nitrogen and oxygen atoms in total. The summed E-state index contributed by atoms with van der Waals surface area (Å²) in [5.74, 6) is 0. The molecule has 2 rings (SSSR count). The average molecular weight is 290 g/mol. The number of rotatable bonds is 3. The van der Waals surface area contributed by atoms with Crippen molar-refractivity contribution < 1.29 is 0 Å². The van der Waals surface area contributed by atoms with Crippen LogP contribution in [0.4, 0.5) is 0 Å². The Balaban J connectivity index is 0.00000162. The summed E-state index contributed by atoms with van der Waals surface area (Å²) in [6.07, 6.45) is 1.26. The fraction of sp³-hybridized carbons (Fsp3) is 0.769. The highest BCUT2D eigenvalue weighted by molar-refractivity contribution is 7.09. The van der Waals surface area contributed by atoms with Crippen molar-refractivity contribution in [3.05, 3.63) is 16.1 Å². The first-order valence-electron chi connectivity index (χ1n) is 6.33. The lowest BCUT2D eigenvalue weighted by atomic mass is 9.98. The van der Waals surface area contributed by atoms with Gasteiger partial charge in [0.25, 0.3) is 0 Å². The van der Waals surface area contributed by atoms with E-state index in [9.17, 15) is 0 Å². The maximum atomic E-state index is 4.75. The Morgan fingerprint density at radius 2 is 2.22 bits per heavy atom. The Morgan fingerprint density at radius 1 is 1.50 bits per heavy atom. The monoisotopic (exact) mass is 289 g/mol. The molecule has 0 amide bonds. The first-order chi connectivity index (χ1) is 7.99. The predicted octanol–water partition coefficient (Wildman–Crippen LogP) is 2.66. The van der Waals surface area contributed by atoms with Crippen LogP contribution in [0, 0.1) is 0 Å². The zero-order valence-electron chi connectivity index (χ0n) is 11.7. The van der Waals surface area contributed by atoms with Crippen LogP contribution in [0.2, 0.25) is 0 Å². The number of nitrogens with zero attached hydrogens (tertiary/aromatic N) is 2. The molecule has 0 radical (unpaired) electrons. The number of aromatic nitrogens is 1. The van der Waals surface area contributed by atoms with Crippen LogP contribution >= 0.6 is 23.7 Å². The van der Waals surface area contributed by atoms with Gasteiger partial charge in [-0.1, -0.05) is 20.8 Å². The van der Waals surface area contributed by atoms with Crippen LogP contribution in [0.1, 0.15) is 37.9 Å². The Kier molecular flexibility index (Phi) is 5.59. The van der Waals surface area contributed by atoms with Crippen LogP contribution in [0.3, 0.4) is 0 Å². The molecule has 0 aliphatic carbocycles. The van der Waals surface area contributed by atoms with E-state index in [-0.39, 0.29) is 17.8 Å². The standard InChI is InChI=1S/C13H23N3S.ClH/c1-13(2,3)12-15-11(9-17-12)8-16-6-5-10(7-16)14-4;/h9-10,14H,5-8H2,1-4H3;1H. The van der Waals surface area contributed by atoms with Gasteiger partial charge in [-0.3, -0.25) is 4.90 Å². The van der Waals surface area contributed by atoms with E-state index in [4.69, 9.17) is 4.98 Å². The highest BCUT2D eigenvalue weighted by atomic mass is 35.5. The molecule has 2 heterocycles. The minimum absolute atomic E-state index is 0. The van der Waals surface area contributed by atoms with Gasteiger partial charge in [-0.05, 0) is 13.5 Å². The van der Waals surface area contributed by atoms with Gasteiger partial charge in [0.2, 0.25) is 0 Å². The van der Waals surface area contributed by atoms with Crippen molar-refractivity contribution >= 4 is 23.7 Å². The Bertz CT molecular complexity index is 373. The van der Waals surface area contributed by atoms with Crippen molar-refractivity contribution in [1.29, 1.82) is 0 Å². The average Bonchev–Trinajstić information content (AvgIpc) is 2.86. The predicted molar refractivity (Wildman–Crippen MR) is 80.8 cm³/mol. The maximum Gasteiger partial charge on any atom is 0.0982 e. The van der Waals surface area contributed by atoms with Crippen molar-refractivity contribution in [2.45, 2.75) is 45.2 Å². The molecule has 5 heteroatoms. The summed E-state index contributed by atoms with van der Waals surface area (Å²) >= 11 is 1.79. The number of hydrogen-bond acceptors (Lipinski definition) is 4. The van der Waals surface area contributed by atoms with Gasteiger partial charge in [0.05, 0.1) is 10.7 Å². The first kappa shape index (κ1) is 15.9. The zero-order chi connectivity index (χ0) is 12.5. The number of likely N-dealkylation sites (N-methyl/N-ethyl adjacent to an activating group) is 1. The van der Waals surface area contributed by atoms with E-state index in [1.54, 1.807) is 11.3 Å². The van der Waals surface area contributed by atoms with E-state index in [0.717, 1.165) is 13.1 Å². The molecule has 104 valence electrons. The Hall–Kier alpha value is -0.160. The first-order valence-corrected chi connectivity index (χ1v) is 7.21. The third kappa shape index (κ3) is 3.92. The van der Waals surface area contributed by atoms with Gasteiger partial charge in [-0.2, -0.15) is 0 Å². The lowest BCUT2D eigenvalue weighted by molar-refractivity contribution is 0.318. The Morgan fingerprint density at radius 3 is 2.72 bits per heavy atom. The quantitative estimate of drug-likeness (QED) is 0.927. The molecule has 0 bridgehead atoms. The third-order valence-corrected chi connectivity index (χ3v) is 4.58. The lowest BCUT2D eigenvalue weighted by Crippen LogP contribution is -2.29. The molecule has 1 aliphatic rings. The SMILES string of the molecule is CNC1CCN(Cc2csc(C(C)(C)C)n2)C1.Cl. The van der Waals surface area contributed by atoms with Gasteiger partial charge in [-0.15, -0.1) is 23.7 Å². The van der Waals surface area contributed by atoms with Gasteiger partial charge in [0.15, 0.2) is 0 Å². The molecule has 1 saturated heterocycles. The number of hydrogen-bond donors (Lipinski definition) is 1. The number of halogens is 1. The van der Waals surface area contributed by atoms with Crippen LogP contribution < -0.4 is 5.32 Å². The van der Waals surface area contributed by atoms with Crippen LogP contribution in [0.5, 0.6) is 0 Å². The van der Waals surface area contributed by atoms with E-state index in [1.165, 1.54) is 23.7 Å². The lowest BCUT2D eigenvalue weighted by Gasteiger charge is -2.15. The van der Waals surface area contributed by atoms with Crippen LogP contribution in [0.25, 0.3) is 0 Å². The minimum Gasteiger partial charge on any atom is -0.316 e. The molecule has 1 atom stereocenters. The molecule has 1 aromatic heterocycles. The fourth-order valence-corrected chi connectivity index (χ4v) is 3.06. The van der Waals surface area contributed by atoms with E-state index in [1.807, 2.05) is 0 Å². The largest absolute Gasteiger partial charge is 0.316 e. The molecule has 1 unspecified atom stereocenters. The van der Waals surface area contributed by atoms with Gasteiger partial charge in [0, 0.05) is 36.5 Å². The molecule has 0 spiro atoms. The molecule has 1 N–H and O–H groups in total. The van der Waals surface area contributed by atoms with Crippen molar-refractivity contribution in [2.75, 3.05) is 20.1 Å². The zero-order valence-corrected chi connectivity index (χ0v) is 13.3. The smallest absolute Gasteiger partial charge is 0.0982 e. The van der Waals surface area contributed by atoms with Crippen molar-refractivity contribution in [3.8, 4) is 0 Å². The summed E-state index contributed by atoms with van der Waals surface area (Å²) < 4.78 is 0. The molecule has 0 aromatic carbocycles. The second-order valence-corrected chi connectivity index (χ2v) is 6.76. The highest BCUT2D eigenvalue weighted by Crippen LogP contribution is 2.26. The Labute approximate surface area is 120 Å². The highest BCUT2D eigenvalue weighted by Gasteiger charge is 2.23. The van der Waals surface area contributed by atoms with Gasteiger partial charge in [-0.25, -0.2) is 4.98 Å². The molecule has 18 heavy (non-hydrogen) atoms. The van der Waals surface area contributed by atoms with Crippen LogP contribution in [-0.2, 0) is 12.0 Å². The van der Waals surface area contributed by atoms with E-state index in [0.29, 0.717) is 6.04 Å². The molecule has 1 aromatic rings. The second kappa shape index (κ2) is 6.33. The van der Waals surface area contributed by atoms with E-state index >= 15 is 0 Å². The normalized spacial score (nSPS) is 21.0. The maximum absolute atomic E-state index is 4.75. The molecule has 0 saturated carbocycles. The summed E-state index contributed by atoms with van der Waals surface area (Å²) in [7, 11) is 2.05. The van der Waals surface area contributed by atoms with Crippen LogP contribution in [-0.4, -0.2) is 36.1 Å². The van der Waals surface area contributed by atoms with Gasteiger partial charge in [0.1, 0.15) is 0 Å². The molecular formula is C13H24ClN3S. The number of thiazole rings is 1. The fourth-order valence-electron chi connectivity index (χ4n) is 2.17. The van der Waals surface area contributed by atoms with Crippen molar-refractivity contribution in [2.24, 2.45) is 0 Å². The summed E-state index contributed by atoms with van der Waals surface area (Å²) in [5, 5.41) is 6.81. The third-order valence-electron chi connectivity index (χ3n) is 3.26. The van der Waals surface area contributed by atoms with Gasteiger partial charge >= 0.3 is 0 Å². The summed E-state index contributed by atoms with van der Waals surface area (Å²) in [6.45, 7) is 10.0. The minimum atomic E-state index is 0. The van der Waals surface area contributed by atoms with Crippen molar-refractivity contribution in [3.63, 3.8) is 0 Å². The number of likely N-dealkylation sites (tertiary alicyclic amines) is 1. The van der Waals surface area contributed by atoms with E-state index in [2.05, 4.69) is 43.4 Å². The summed E-state index contributed by atoms with van der Waals surface area (Å²) in [5.41, 5.74) is 1.42.